The molecule has 4 atom stereocenters. The molecule has 0 aromatic heterocycles. The van der Waals surface area contributed by atoms with E-state index in [2.05, 4.69) is 397 Å². The minimum Gasteiger partial charge on any atom is -1.00 e. The molecule has 0 amide bonds. The fourth-order valence-corrected chi connectivity index (χ4v) is 22.4. The number of fused-ring (bicyclic) bond motifs is 4. The van der Waals surface area contributed by atoms with E-state index < -0.39 is 31.7 Å². The minimum absolute atomic E-state index is 0. The summed E-state index contributed by atoms with van der Waals surface area (Å²) in [7, 11) is -1.92. The molecular weight excluding hydrogens is 1410 g/mol. The van der Waals surface area contributed by atoms with E-state index >= 15 is 0 Å². The fraction of sp³-hybridized carbons (Fsp3) is 0.0465. The molecular formula is C86H68Cl2P4Zr2-2. The van der Waals surface area contributed by atoms with Crippen LogP contribution in [0, 0.1) is 24.3 Å². The monoisotopic (exact) mass is 1470 g/mol. The maximum absolute atomic E-state index is 3.62. The van der Waals surface area contributed by atoms with Crippen LogP contribution in [0.1, 0.15) is 67.1 Å². The van der Waals surface area contributed by atoms with Crippen molar-refractivity contribution >= 4 is 107 Å². The largest absolute Gasteiger partial charge is 1.00 e. The molecule has 16 rings (SSSR count). The van der Waals surface area contributed by atoms with Gasteiger partial charge >= 0.3 is 56.9 Å². The first kappa shape index (κ1) is 71.7. The standard InChI is InChI=1S/4C21H16P.2CH2.2ClH.2Zr/c4*1-3-10-18(11-4-1)22(19-12-5-2-6-13-19)21-16-15-17-9-7-8-14-20(17)21;;;;;;/h4*1-15,21H;2*1H2;2*1H;;/q4*-1;;;;;2*+2/p-2. The first-order valence-electron chi connectivity index (χ1n) is 30.7. The Morgan fingerprint density at radius 3 is 0.468 bits per heavy atom. The van der Waals surface area contributed by atoms with Crippen LogP contribution in [-0.2, 0) is 48.5 Å². The molecule has 4 unspecified atom stereocenters. The van der Waals surface area contributed by atoms with Crippen molar-refractivity contribution in [2.24, 2.45) is 0 Å². The van der Waals surface area contributed by atoms with E-state index in [-0.39, 0.29) is 24.8 Å². The quantitative estimate of drug-likeness (QED) is 0.0845. The Morgan fingerprint density at radius 1 is 0.191 bits per heavy atom. The molecule has 8 heteroatoms. The Labute approximate surface area is 605 Å². The molecule has 4 aliphatic rings. The van der Waals surface area contributed by atoms with Crippen LogP contribution in [0.15, 0.2) is 340 Å². The molecule has 0 fully saturated rings. The summed E-state index contributed by atoms with van der Waals surface area (Å²) in [6, 6.07) is 122. The SMILES string of the molecule is [C-]1=Cc2ccccc2C1P(c1ccccc1)c1ccccc1.[C-]1=Cc2ccccc2C1P(c1ccccc1)c1ccccc1.[C-]1=Cc2ccccc2C1P(c1ccccc1)c1ccccc1.[C-]1=Cc2ccccc2C1P(c1ccccc1)c1ccccc1.[CH2]=[Zr+2].[CH2]=[Zr+2].[Cl-].[Cl-]. The van der Waals surface area contributed by atoms with Gasteiger partial charge in [0.2, 0.25) is 0 Å². The number of halogens is 2. The number of hydrogen-bond acceptors (Lipinski definition) is 0. The zero-order chi connectivity index (χ0) is 63.1. The van der Waals surface area contributed by atoms with Crippen LogP contribution in [0.2, 0.25) is 0 Å². The average molecular weight is 1480 g/mol. The smallest absolute Gasteiger partial charge is 1.00 e. The van der Waals surface area contributed by atoms with E-state index in [1.165, 1.54) is 135 Å². The van der Waals surface area contributed by atoms with E-state index in [0.29, 0.717) is 22.6 Å². The van der Waals surface area contributed by atoms with Crippen molar-refractivity contribution < 1.29 is 73.3 Å². The molecule has 94 heavy (non-hydrogen) atoms. The zero-order valence-corrected chi connectivity index (χ0v) is 61.9. The fourth-order valence-electron chi connectivity index (χ4n) is 12.0. The van der Waals surface area contributed by atoms with Crippen LogP contribution in [-0.4, -0.2) is 8.42 Å². The summed E-state index contributed by atoms with van der Waals surface area (Å²) in [5.74, 6) is 0. The molecule has 0 saturated heterocycles. The van der Waals surface area contributed by atoms with Crippen molar-refractivity contribution in [3.63, 3.8) is 0 Å². The summed E-state index contributed by atoms with van der Waals surface area (Å²) in [5, 5.41) is 11.3. The van der Waals surface area contributed by atoms with E-state index in [1.807, 2.05) is 0 Å². The van der Waals surface area contributed by atoms with Gasteiger partial charge in [-0.05, 0) is 42.4 Å². The van der Waals surface area contributed by atoms with Crippen molar-refractivity contribution in [3.8, 4) is 0 Å². The number of allylic oxidation sites excluding steroid dienone is 4. The maximum Gasteiger partial charge on any atom is -1.00 e. The number of benzene rings is 12. The van der Waals surface area contributed by atoms with Gasteiger partial charge in [0.15, 0.2) is 0 Å². The molecule has 4 aliphatic carbocycles. The second kappa shape index (κ2) is 37.6. The number of rotatable bonds is 12. The summed E-state index contributed by atoms with van der Waals surface area (Å²) in [4.78, 5) is 0. The first-order valence-corrected chi connectivity index (χ1v) is 39.9. The Morgan fingerprint density at radius 2 is 0.319 bits per heavy atom. The third-order valence-electron chi connectivity index (χ3n) is 16.1. The summed E-state index contributed by atoms with van der Waals surface area (Å²) in [5.41, 5.74) is 12.2. The van der Waals surface area contributed by atoms with E-state index in [0.717, 1.165) is 0 Å². The van der Waals surface area contributed by atoms with Gasteiger partial charge in [0.25, 0.3) is 0 Å². The van der Waals surface area contributed by atoms with Crippen molar-refractivity contribution in [2.45, 2.75) is 22.6 Å². The van der Waals surface area contributed by atoms with Crippen LogP contribution >= 0.6 is 31.7 Å². The second-order valence-corrected chi connectivity index (χ2v) is 30.7. The van der Waals surface area contributed by atoms with Crippen molar-refractivity contribution in [1.29, 1.82) is 0 Å². The van der Waals surface area contributed by atoms with Gasteiger partial charge in [-0.25, -0.2) is 24.3 Å². The van der Waals surface area contributed by atoms with E-state index in [1.54, 1.807) is 0 Å². The topological polar surface area (TPSA) is 0 Å². The van der Waals surface area contributed by atoms with Gasteiger partial charge in [-0.15, -0.1) is 46.5 Å². The molecule has 0 bridgehead atoms. The maximum atomic E-state index is 3.62. The Kier molecular flexibility index (Phi) is 28.7. The van der Waals surface area contributed by atoms with Gasteiger partial charge < -0.3 is 24.8 Å². The molecule has 456 valence electrons. The molecule has 0 radical (unpaired) electrons. The Balaban J connectivity index is 0.000000144. The normalized spacial score (nSPS) is 15.1. The van der Waals surface area contributed by atoms with E-state index in [4.69, 9.17) is 0 Å². The van der Waals surface area contributed by atoms with Gasteiger partial charge in [-0.2, -0.15) is 22.3 Å². The molecule has 0 N–H and O–H groups in total. The van der Waals surface area contributed by atoms with Crippen LogP contribution in [0.25, 0.3) is 24.3 Å². The third-order valence-corrected chi connectivity index (χ3v) is 26.7. The van der Waals surface area contributed by atoms with Crippen LogP contribution in [0.3, 0.4) is 0 Å². The minimum atomic E-state index is -0.481. The summed E-state index contributed by atoms with van der Waals surface area (Å²) < 4.78 is 6.68. The van der Waals surface area contributed by atoms with Gasteiger partial charge in [-0.1, -0.05) is 370 Å². The molecule has 12 aromatic rings. The summed E-state index contributed by atoms with van der Waals surface area (Å²) in [6.45, 7) is 0. The van der Waals surface area contributed by atoms with Gasteiger partial charge in [0, 0.05) is 0 Å². The molecule has 0 saturated carbocycles. The van der Waals surface area contributed by atoms with Crippen LogP contribution in [0.4, 0.5) is 0 Å². The van der Waals surface area contributed by atoms with Crippen LogP contribution in [0.5, 0.6) is 0 Å². The summed E-state index contributed by atoms with van der Waals surface area (Å²) >= 11 is 2.60. The summed E-state index contributed by atoms with van der Waals surface area (Å²) in [6.07, 6.45) is 23.1. The van der Waals surface area contributed by atoms with E-state index in [9.17, 15) is 0 Å². The molecule has 0 aliphatic heterocycles. The van der Waals surface area contributed by atoms with Crippen LogP contribution < -0.4 is 67.3 Å². The predicted octanol–water partition coefficient (Wildman–Crippen LogP) is 12.7. The first-order chi connectivity index (χ1) is 45.7. The average Bonchev–Trinajstić information content (AvgIpc) is 1.63. The zero-order valence-electron chi connectivity index (χ0n) is 51.9. The Bertz CT molecular complexity index is 3630. The van der Waals surface area contributed by atoms with Crippen molar-refractivity contribution in [1.82, 2.24) is 0 Å². The van der Waals surface area contributed by atoms with Crippen molar-refractivity contribution in [2.75, 3.05) is 0 Å². The molecule has 12 aromatic carbocycles. The number of hydrogen-bond donors (Lipinski definition) is 0. The molecule has 0 spiro atoms. The van der Waals surface area contributed by atoms with Gasteiger partial charge in [0.1, 0.15) is 0 Å². The van der Waals surface area contributed by atoms with Gasteiger partial charge in [-0.3, -0.25) is 24.3 Å². The predicted molar refractivity (Wildman–Crippen MR) is 398 cm³/mol. The second-order valence-electron chi connectivity index (χ2n) is 21.5. The van der Waals surface area contributed by atoms with Gasteiger partial charge in [0.05, 0.1) is 0 Å². The molecule has 0 nitrogen and oxygen atoms in total. The third kappa shape index (κ3) is 17.7. The van der Waals surface area contributed by atoms with Crippen molar-refractivity contribution in [3.05, 3.63) is 409 Å². The Hall–Kier alpha value is -6.59. The molecule has 0 heterocycles.